The standard InChI is InChI=1S/C29H18BrF4N3O4S2/c30-16-5-1-3-14(11-16)21-22-23(26(40)37(25(22)39)19-9-7-17(31)8-10-19)42-27-24(21)43-28(41)36(27)13-20(38)35-18-6-2-4-15(12-18)29(32,33)34/h1-12,21-23H,13H2,(H,35,38)/t21-,22-,23+/m0/s1. The maximum atomic E-state index is 13.8. The molecule has 43 heavy (non-hydrogen) atoms. The molecule has 1 aromatic heterocycles. The number of nitrogens with zero attached hydrogens (tertiary/aromatic N) is 2. The molecule has 3 heterocycles. The van der Waals surface area contributed by atoms with Crippen LogP contribution in [0, 0.1) is 11.7 Å². The van der Waals surface area contributed by atoms with Crippen LogP contribution in [0.25, 0.3) is 0 Å². The monoisotopic (exact) mass is 691 g/mol. The van der Waals surface area contributed by atoms with Crippen LogP contribution in [0.3, 0.4) is 0 Å². The summed E-state index contributed by atoms with van der Waals surface area (Å²) in [6.07, 6.45) is -4.61. The van der Waals surface area contributed by atoms with Gasteiger partial charge in [0, 0.05) is 21.0 Å². The van der Waals surface area contributed by atoms with Crippen LogP contribution in [0.4, 0.5) is 28.9 Å². The van der Waals surface area contributed by atoms with E-state index in [4.69, 9.17) is 0 Å². The summed E-state index contributed by atoms with van der Waals surface area (Å²) in [7, 11) is 0. The van der Waals surface area contributed by atoms with Crippen LogP contribution in [0.5, 0.6) is 0 Å². The predicted molar refractivity (Wildman–Crippen MR) is 157 cm³/mol. The van der Waals surface area contributed by atoms with Crippen LogP contribution in [-0.4, -0.2) is 27.5 Å². The van der Waals surface area contributed by atoms with Gasteiger partial charge in [0.25, 0.3) is 0 Å². The molecule has 1 N–H and O–H groups in total. The first-order chi connectivity index (χ1) is 20.4. The van der Waals surface area contributed by atoms with E-state index in [0.29, 0.717) is 19.9 Å². The van der Waals surface area contributed by atoms with Gasteiger partial charge in [-0.15, -0.1) is 0 Å². The van der Waals surface area contributed by atoms with E-state index in [2.05, 4.69) is 21.2 Å². The number of rotatable bonds is 5. The van der Waals surface area contributed by atoms with Gasteiger partial charge in [-0.1, -0.05) is 57.2 Å². The van der Waals surface area contributed by atoms with Gasteiger partial charge in [-0.25, -0.2) is 9.29 Å². The van der Waals surface area contributed by atoms with Gasteiger partial charge < -0.3 is 5.32 Å². The number of hydrogen-bond acceptors (Lipinski definition) is 6. The van der Waals surface area contributed by atoms with Crippen molar-refractivity contribution in [3.05, 3.63) is 109 Å². The quantitative estimate of drug-likeness (QED) is 0.197. The maximum Gasteiger partial charge on any atom is 0.416 e. The number of aromatic nitrogens is 1. The third-order valence-corrected chi connectivity index (χ3v) is 10.2. The molecule has 0 radical (unpaired) electrons. The second-order valence-corrected chi connectivity index (χ2v) is 12.9. The molecule has 7 nitrogen and oxygen atoms in total. The van der Waals surface area contributed by atoms with E-state index in [-0.39, 0.29) is 11.4 Å². The lowest BCUT2D eigenvalue weighted by Gasteiger charge is -2.30. The van der Waals surface area contributed by atoms with E-state index in [0.717, 1.165) is 58.3 Å². The van der Waals surface area contributed by atoms with Crippen LogP contribution in [0.2, 0.25) is 0 Å². The van der Waals surface area contributed by atoms with Crippen molar-refractivity contribution in [3.8, 4) is 0 Å². The zero-order valence-electron chi connectivity index (χ0n) is 21.6. The zero-order chi connectivity index (χ0) is 30.6. The molecule has 2 aliphatic rings. The SMILES string of the molecule is O=C(Cn1c2c(sc1=O)[C@@H](c1cccc(Br)c1)[C@@H]1C(=O)N(c3ccc(F)cc3)C(=O)[C@@H]1S2)Nc1cccc(C(F)(F)F)c1. The van der Waals surface area contributed by atoms with Crippen molar-refractivity contribution in [3.63, 3.8) is 0 Å². The Bertz CT molecular complexity index is 1840. The minimum Gasteiger partial charge on any atom is -0.325 e. The van der Waals surface area contributed by atoms with Gasteiger partial charge in [0.2, 0.25) is 17.7 Å². The fourth-order valence-corrected chi connectivity index (χ4v) is 8.47. The summed E-state index contributed by atoms with van der Waals surface area (Å²) in [5, 5.41) is 1.77. The molecule has 0 spiro atoms. The molecular weight excluding hydrogens is 674 g/mol. The summed E-state index contributed by atoms with van der Waals surface area (Å²) in [6.45, 7) is -0.527. The number of fused-ring (bicyclic) bond motifs is 2. The predicted octanol–water partition coefficient (Wildman–Crippen LogP) is 6.26. The molecule has 0 bridgehead atoms. The van der Waals surface area contributed by atoms with E-state index in [1.54, 1.807) is 24.3 Å². The molecule has 3 amide bonds. The summed E-state index contributed by atoms with van der Waals surface area (Å²) in [4.78, 5) is 54.7. The van der Waals surface area contributed by atoms with Gasteiger partial charge in [-0.05, 0) is 60.2 Å². The molecule has 14 heteroatoms. The van der Waals surface area contributed by atoms with Crippen molar-refractivity contribution in [2.75, 3.05) is 10.2 Å². The number of thioether (sulfide) groups is 1. The Balaban J connectivity index is 1.38. The number of anilines is 2. The van der Waals surface area contributed by atoms with Gasteiger partial charge in [-0.3, -0.25) is 23.7 Å². The number of imide groups is 1. The first kappa shape index (κ1) is 29.3. The zero-order valence-corrected chi connectivity index (χ0v) is 24.8. The Labute approximate surface area is 257 Å². The van der Waals surface area contributed by atoms with Gasteiger partial charge in [-0.2, -0.15) is 13.2 Å². The molecule has 220 valence electrons. The first-order valence-electron chi connectivity index (χ1n) is 12.7. The number of alkyl halides is 3. The fourth-order valence-electron chi connectivity index (χ4n) is 5.28. The van der Waals surface area contributed by atoms with Crippen LogP contribution in [-0.2, 0) is 27.1 Å². The average molecular weight is 693 g/mol. The molecule has 2 aliphatic heterocycles. The molecule has 0 unspecified atom stereocenters. The summed E-state index contributed by atoms with van der Waals surface area (Å²) < 4.78 is 54.9. The van der Waals surface area contributed by atoms with Gasteiger partial charge >= 0.3 is 11.0 Å². The molecule has 1 fully saturated rings. The highest BCUT2D eigenvalue weighted by Gasteiger charge is 2.56. The van der Waals surface area contributed by atoms with Crippen LogP contribution in [0.1, 0.15) is 21.9 Å². The second kappa shape index (κ2) is 11.1. The van der Waals surface area contributed by atoms with Crippen molar-refractivity contribution >= 4 is 68.1 Å². The fraction of sp³-hybridized carbons (Fsp3) is 0.172. The van der Waals surface area contributed by atoms with Crippen LogP contribution >= 0.6 is 39.0 Å². The van der Waals surface area contributed by atoms with Crippen molar-refractivity contribution in [2.45, 2.75) is 28.9 Å². The number of amides is 3. The summed E-state index contributed by atoms with van der Waals surface area (Å²) in [5.41, 5.74) is -0.164. The third kappa shape index (κ3) is 5.43. The largest absolute Gasteiger partial charge is 0.416 e. The van der Waals surface area contributed by atoms with E-state index in [9.17, 15) is 36.7 Å². The minimum absolute atomic E-state index is 0.0943. The summed E-state index contributed by atoms with van der Waals surface area (Å²) in [5.74, 6) is -3.93. The molecule has 3 aromatic carbocycles. The Hall–Kier alpha value is -3.75. The van der Waals surface area contributed by atoms with E-state index >= 15 is 0 Å². The first-order valence-corrected chi connectivity index (χ1v) is 15.2. The topological polar surface area (TPSA) is 88.5 Å². The maximum absolute atomic E-state index is 13.8. The lowest BCUT2D eigenvalue weighted by molar-refractivity contribution is -0.137. The number of thiazole rings is 1. The third-order valence-electron chi connectivity index (χ3n) is 7.12. The second-order valence-electron chi connectivity index (χ2n) is 9.84. The molecule has 4 aromatic rings. The molecule has 0 aliphatic carbocycles. The van der Waals surface area contributed by atoms with Crippen molar-refractivity contribution in [1.82, 2.24) is 4.57 Å². The smallest absolute Gasteiger partial charge is 0.325 e. The molecule has 3 atom stereocenters. The number of hydrogen-bond donors (Lipinski definition) is 1. The van der Waals surface area contributed by atoms with E-state index in [1.165, 1.54) is 22.8 Å². The number of halogens is 5. The van der Waals surface area contributed by atoms with Crippen molar-refractivity contribution < 1.29 is 31.9 Å². The lowest BCUT2D eigenvalue weighted by Crippen LogP contribution is -2.33. The van der Waals surface area contributed by atoms with E-state index in [1.807, 2.05) is 0 Å². The molecule has 6 rings (SSSR count). The van der Waals surface area contributed by atoms with Crippen molar-refractivity contribution in [1.29, 1.82) is 0 Å². The minimum atomic E-state index is -4.61. The lowest BCUT2D eigenvalue weighted by atomic mass is 9.83. The van der Waals surface area contributed by atoms with E-state index < -0.39 is 63.8 Å². The molecule has 0 saturated carbocycles. The van der Waals surface area contributed by atoms with Gasteiger partial charge in [0.1, 0.15) is 17.6 Å². The number of benzene rings is 3. The molecular formula is C29H18BrF4N3O4S2. The normalized spacial score (nSPS) is 19.7. The van der Waals surface area contributed by atoms with Crippen LogP contribution < -0.4 is 15.1 Å². The van der Waals surface area contributed by atoms with Crippen LogP contribution in [0.15, 0.2) is 87.1 Å². The Kier molecular flexibility index (Phi) is 7.55. The Morgan fingerprint density at radius 3 is 2.37 bits per heavy atom. The van der Waals surface area contributed by atoms with Gasteiger partial charge in [0.15, 0.2) is 0 Å². The highest BCUT2D eigenvalue weighted by Crippen LogP contribution is 2.54. The Morgan fingerprint density at radius 2 is 1.67 bits per heavy atom. The molecule has 1 saturated heterocycles. The number of nitrogens with one attached hydrogen (secondary N) is 1. The Morgan fingerprint density at radius 1 is 0.953 bits per heavy atom. The van der Waals surface area contributed by atoms with Gasteiger partial charge in [0.05, 0.1) is 22.2 Å². The highest BCUT2D eigenvalue weighted by molar-refractivity contribution is 9.10. The number of carbonyl (C=O) groups is 3. The summed E-state index contributed by atoms with van der Waals surface area (Å²) >= 11 is 5.27. The summed E-state index contributed by atoms with van der Waals surface area (Å²) in [6, 6.07) is 16.2. The number of carbonyl (C=O) groups excluding carboxylic acids is 3. The highest BCUT2D eigenvalue weighted by atomic mass is 79.9. The average Bonchev–Trinajstić information content (AvgIpc) is 3.39. The van der Waals surface area contributed by atoms with Crippen molar-refractivity contribution in [2.24, 2.45) is 5.92 Å².